The SMILES string of the molecule is Cc1cc(C(=O)NCC2CCCN2c2nc3ccccc3o2)no1. The lowest BCUT2D eigenvalue weighted by Crippen LogP contribution is -2.40. The van der Waals surface area contributed by atoms with E-state index in [1.807, 2.05) is 24.3 Å². The summed E-state index contributed by atoms with van der Waals surface area (Å²) in [5, 5.41) is 6.65. The van der Waals surface area contributed by atoms with E-state index in [-0.39, 0.29) is 11.9 Å². The molecule has 1 aliphatic heterocycles. The number of hydrogen-bond acceptors (Lipinski definition) is 6. The molecule has 7 nitrogen and oxygen atoms in total. The molecule has 1 fully saturated rings. The van der Waals surface area contributed by atoms with Gasteiger partial charge in [0.15, 0.2) is 11.3 Å². The van der Waals surface area contributed by atoms with E-state index >= 15 is 0 Å². The van der Waals surface area contributed by atoms with Gasteiger partial charge in [0.25, 0.3) is 11.9 Å². The average molecular weight is 326 g/mol. The van der Waals surface area contributed by atoms with Crippen LogP contribution >= 0.6 is 0 Å². The third-order valence-electron chi connectivity index (χ3n) is 4.26. The Hall–Kier alpha value is -2.83. The van der Waals surface area contributed by atoms with Crippen LogP contribution < -0.4 is 10.2 Å². The predicted molar refractivity (Wildman–Crippen MR) is 88.0 cm³/mol. The molecule has 0 aliphatic carbocycles. The molecule has 4 rings (SSSR count). The largest absolute Gasteiger partial charge is 0.423 e. The molecule has 0 bridgehead atoms. The number of benzene rings is 1. The van der Waals surface area contributed by atoms with Gasteiger partial charge in [-0.3, -0.25) is 4.79 Å². The smallest absolute Gasteiger partial charge is 0.298 e. The molecule has 0 saturated carbocycles. The summed E-state index contributed by atoms with van der Waals surface area (Å²) in [5.41, 5.74) is 1.93. The number of carbonyl (C=O) groups excluding carboxylic acids is 1. The maximum Gasteiger partial charge on any atom is 0.298 e. The van der Waals surface area contributed by atoms with E-state index in [1.54, 1.807) is 13.0 Å². The van der Waals surface area contributed by atoms with E-state index < -0.39 is 0 Å². The van der Waals surface area contributed by atoms with Gasteiger partial charge in [-0.25, -0.2) is 0 Å². The van der Waals surface area contributed by atoms with Crippen LogP contribution in [0.15, 0.2) is 39.3 Å². The third kappa shape index (κ3) is 2.73. The Morgan fingerprint density at radius 3 is 3.08 bits per heavy atom. The molecule has 1 amide bonds. The van der Waals surface area contributed by atoms with Crippen LogP contribution in [-0.2, 0) is 0 Å². The second-order valence-corrected chi connectivity index (χ2v) is 5.99. The first-order chi connectivity index (χ1) is 11.7. The minimum Gasteiger partial charge on any atom is -0.423 e. The first kappa shape index (κ1) is 14.7. The highest BCUT2D eigenvalue weighted by atomic mass is 16.5. The molecule has 0 radical (unpaired) electrons. The van der Waals surface area contributed by atoms with Crippen LogP contribution in [-0.4, -0.2) is 35.2 Å². The van der Waals surface area contributed by atoms with Gasteiger partial charge < -0.3 is 19.2 Å². The number of anilines is 1. The quantitative estimate of drug-likeness (QED) is 0.793. The maximum absolute atomic E-state index is 12.1. The molecule has 0 spiro atoms. The van der Waals surface area contributed by atoms with Crippen LogP contribution in [0.5, 0.6) is 0 Å². The van der Waals surface area contributed by atoms with Gasteiger partial charge in [-0.05, 0) is 31.9 Å². The number of hydrogen-bond donors (Lipinski definition) is 1. The summed E-state index contributed by atoms with van der Waals surface area (Å²) in [7, 11) is 0. The Bertz CT molecular complexity index is 836. The average Bonchev–Trinajstić information content (AvgIpc) is 3.30. The minimum atomic E-state index is -0.226. The first-order valence-electron chi connectivity index (χ1n) is 8.04. The van der Waals surface area contributed by atoms with Crippen molar-refractivity contribution < 1.29 is 13.7 Å². The number of rotatable bonds is 4. The second kappa shape index (κ2) is 5.99. The molecule has 7 heteroatoms. The van der Waals surface area contributed by atoms with Gasteiger partial charge in [-0.15, -0.1) is 0 Å². The van der Waals surface area contributed by atoms with E-state index in [0.29, 0.717) is 24.0 Å². The van der Waals surface area contributed by atoms with Gasteiger partial charge in [0.05, 0.1) is 6.04 Å². The minimum absolute atomic E-state index is 0.162. The van der Waals surface area contributed by atoms with Crippen molar-refractivity contribution in [3.8, 4) is 0 Å². The number of aryl methyl sites for hydroxylation is 1. The Morgan fingerprint density at radius 2 is 2.29 bits per heavy atom. The number of fused-ring (bicyclic) bond motifs is 1. The molecule has 1 atom stereocenters. The number of nitrogens with one attached hydrogen (secondary N) is 1. The number of carbonyl (C=O) groups is 1. The van der Waals surface area contributed by atoms with Gasteiger partial charge in [0.2, 0.25) is 0 Å². The van der Waals surface area contributed by atoms with E-state index in [0.717, 1.165) is 30.5 Å². The van der Waals surface area contributed by atoms with Crippen molar-refractivity contribution >= 4 is 23.0 Å². The topological polar surface area (TPSA) is 84.4 Å². The van der Waals surface area contributed by atoms with Gasteiger partial charge >= 0.3 is 0 Å². The summed E-state index contributed by atoms with van der Waals surface area (Å²) in [5.74, 6) is 0.394. The van der Waals surface area contributed by atoms with Crippen LogP contribution in [0.1, 0.15) is 29.1 Å². The highest BCUT2D eigenvalue weighted by molar-refractivity contribution is 5.92. The number of aromatic nitrogens is 2. The van der Waals surface area contributed by atoms with Crippen LogP contribution in [0.3, 0.4) is 0 Å². The highest BCUT2D eigenvalue weighted by Crippen LogP contribution is 2.28. The van der Waals surface area contributed by atoms with Gasteiger partial charge in [0.1, 0.15) is 11.3 Å². The standard InChI is InChI=1S/C17H18N4O3/c1-11-9-14(20-24-11)16(22)18-10-12-5-4-8-21(12)17-19-13-6-2-3-7-15(13)23-17/h2-3,6-7,9,12H,4-5,8,10H2,1H3,(H,18,22). The zero-order valence-corrected chi connectivity index (χ0v) is 13.4. The van der Waals surface area contributed by atoms with Crippen LogP contribution in [0.4, 0.5) is 6.01 Å². The zero-order valence-electron chi connectivity index (χ0n) is 13.4. The molecule has 1 aromatic carbocycles. The Labute approximate surface area is 138 Å². The van der Waals surface area contributed by atoms with Crippen molar-refractivity contribution in [3.05, 3.63) is 41.8 Å². The number of oxazole rings is 1. The molecule has 1 saturated heterocycles. The lowest BCUT2D eigenvalue weighted by Gasteiger charge is -2.22. The molecule has 1 unspecified atom stereocenters. The molecule has 3 heterocycles. The van der Waals surface area contributed by atoms with Gasteiger partial charge in [-0.1, -0.05) is 17.3 Å². The van der Waals surface area contributed by atoms with Crippen molar-refractivity contribution in [3.63, 3.8) is 0 Å². The molecular formula is C17H18N4O3. The third-order valence-corrected chi connectivity index (χ3v) is 4.26. The fraction of sp³-hybridized carbons (Fsp3) is 0.353. The van der Waals surface area contributed by atoms with Crippen LogP contribution in [0, 0.1) is 6.92 Å². The van der Waals surface area contributed by atoms with Crippen LogP contribution in [0.2, 0.25) is 0 Å². The maximum atomic E-state index is 12.1. The van der Waals surface area contributed by atoms with E-state index in [9.17, 15) is 4.79 Å². The lowest BCUT2D eigenvalue weighted by molar-refractivity contribution is 0.0942. The Morgan fingerprint density at radius 1 is 1.42 bits per heavy atom. The van der Waals surface area contributed by atoms with Crippen molar-refractivity contribution in [2.75, 3.05) is 18.0 Å². The number of para-hydroxylation sites is 2. The van der Waals surface area contributed by atoms with Crippen molar-refractivity contribution in [1.29, 1.82) is 0 Å². The first-order valence-corrected chi connectivity index (χ1v) is 8.04. The predicted octanol–water partition coefficient (Wildman–Crippen LogP) is 2.52. The summed E-state index contributed by atoms with van der Waals surface area (Å²) in [6.45, 7) is 3.15. The fourth-order valence-electron chi connectivity index (χ4n) is 3.06. The van der Waals surface area contributed by atoms with Crippen molar-refractivity contribution in [2.24, 2.45) is 0 Å². The van der Waals surface area contributed by atoms with E-state index in [4.69, 9.17) is 8.94 Å². The summed E-state index contributed by atoms with van der Waals surface area (Å²) in [4.78, 5) is 18.8. The molecule has 2 aromatic heterocycles. The Kier molecular flexibility index (Phi) is 3.68. The Balaban J connectivity index is 1.45. The molecular weight excluding hydrogens is 308 g/mol. The molecule has 3 aromatic rings. The van der Waals surface area contributed by atoms with Crippen LogP contribution in [0.25, 0.3) is 11.1 Å². The van der Waals surface area contributed by atoms with E-state index in [1.165, 1.54) is 0 Å². The lowest BCUT2D eigenvalue weighted by atomic mass is 10.2. The second-order valence-electron chi connectivity index (χ2n) is 5.99. The molecule has 124 valence electrons. The normalized spacial score (nSPS) is 17.5. The monoisotopic (exact) mass is 326 g/mol. The van der Waals surface area contributed by atoms with E-state index in [2.05, 4.69) is 20.4 Å². The van der Waals surface area contributed by atoms with Crippen molar-refractivity contribution in [1.82, 2.24) is 15.5 Å². The summed E-state index contributed by atoms with van der Waals surface area (Å²) in [6, 6.07) is 10.1. The van der Waals surface area contributed by atoms with Crippen molar-refractivity contribution in [2.45, 2.75) is 25.8 Å². The number of nitrogens with zero attached hydrogens (tertiary/aromatic N) is 3. The number of amides is 1. The summed E-state index contributed by atoms with van der Waals surface area (Å²) >= 11 is 0. The fourth-order valence-corrected chi connectivity index (χ4v) is 3.06. The molecule has 24 heavy (non-hydrogen) atoms. The molecule has 1 aliphatic rings. The summed E-state index contributed by atoms with van der Waals surface area (Å²) < 4.78 is 10.8. The zero-order chi connectivity index (χ0) is 16.5. The highest BCUT2D eigenvalue weighted by Gasteiger charge is 2.29. The van der Waals surface area contributed by atoms with Gasteiger partial charge in [0, 0.05) is 19.2 Å². The molecule has 1 N–H and O–H groups in total. The summed E-state index contributed by atoms with van der Waals surface area (Å²) in [6.07, 6.45) is 2.03. The van der Waals surface area contributed by atoms with Gasteiger partial charge in [-0.2, -0.15) is 4.98 Å².